The third-order valence-electron chi connectivity index (χ3n) is 6.05. The van der Waals surface area contributed by atoms with Crippen LogP contribution in [-0.4, -0.2) is 18.0 Å². The van der Waals surface area contributed by atoms with E-state index in [2.05, 4.69) is 22.4 Å². The molecule has 0 bridgehead atoms. The molecule has 1 N–H and O–H groups in total. The van der Waals surface area contributed by atoms with Crippen LogP contribution in [0.15, 0.2) is 65.2 Å². The Morgan fingerprint density at radius 3 is 2.65 bits per heavy atom. The lowest BCUT2D eigenvalue weighted by Crippen LogP contribution is -2.35. The minimum absolute atomic E-state index is 0.0924. The van der Waals surface area contributed by atoms with Gasteiger partial charge in [0.05, 0.1) is 18.2 Å². The zero-order valence-electron chi connectivity index (χ0n) is 17.9. The van der Waals surface area contributed by atoms with Crippen molar-refractivity contribution in [2.75, 3.05) is 7.11 Å². The Kier molecular flexibility index (Phi) is 4.54. The SMILES string of the molecule is COc1ccc(C)c(C(=O)NC2(c3cc(-c4ccc(C)o4)cc4ncccc34)CC2)c1. The number of nitrogens with one attached hydrogen (secondary N) is 1. The lowest BCUT2D eigenvalue weighted by Gasteiger charge is -2.21. The van der Waals surface area contributed by atoms with E-state index >= 15 is 0 Å². The number of furan rings is 1. The normalized spacial score (nSPS) is 14.4. The van der Waals surface area contributed by atoms with Gasteiger partial charge in [-0.15, -0.1) is 0 Å². The molecule has 1 fully saturated rings. The number of aryl methyl sites for hydroxylation is 2. The number of aromatic nitrogens is 1. The first kappa shape index (κ1) is 19.4. The highest BCUT2D eigenvalue weighted by Gasteiger charge is 2.47. The molecule has 2 aromatic heterocycles. The van der Waals surface area contributed by atoms with E-state index in [1.165, 1.54) is 0 Å². The number of hydrogen-bond acceptors (Lipinski definition) is 4. The summed E-state index contributed by atoms with van der Waals surface area (Å²) >= 11 is 0. The standard InChI is InChI=1S/C26H24N2O3/c1-16-6-8-19(30-3)15-21(16)25(29)28-26(10-11-26)22-13-18(24-9-7-17(2)31-24)14-23-20(22)5-4-12-27-23/h4-9,12-15H,10-11H2,1-3H3,(H,28,29). The lowest BCUT2D eigenvalue weighted by atomic mass is 9.95. The fourth-order valence-electron chi connectivity index (χ4n) is 4.15. The summed E-state index contributed by atoms with van der Waals surface area (Å²) in [5.41, 5.74) is 4.07. The van der Waals surface area contributed by atoms with Crippen molar-refractivity contribution in [3.63, 3.8) is 0 Å². The first-order valence-electron chi connectivity index (χ1n) is 10.4. The molecular weight excluding hydrogens is 388 g/mol. The molecule has 0 atom stereocenters. The molecule has 1 aliphatic rings. The van der Waals surface area contributed by atoms with Gasteiger partial charge < -0.3 is 14.5 Å². The van der Waals surface area contributed by atoms with E-state index in [1.54, 1.807) is 19.4 Å². The minimum Gasteiger partial charge on any atom is -0.497 e. The third kappa shape index (κ3) is 3.46. The van der Waals surface area contributed by atoms with Crippen molar-refractivity contribution in [3.05, 3.63) is 83.2 Å². The summed E-state index contributed by atoms with van der Waals surface area (Å²) in [4.78, 5) is 17.8. The predicted molar refractivity (Wildman–Crippen MR) is 120 cm³/mol. The number of hydrogen-bond donors (Lipinski definition) is 1. The van der Waals surface area contributed by atoms with Gasteiger partial charge in [-0.2, -0.15) is 0 Å². The smallest absolute Gasteiger partial charge is 0.252 e. The molecule has 0 radical (unpaired) electrons. The minimum atomic E-state index is -0.411. The maximum atomic E-state index is 13.3. The molecule has 2 heterocycles. The summed E-state index contributed by atoms with van der Waals surface area (Å²) < 4.78 is 11.2. The zero-order chi connectivity index (χ0) is 21.6. The fourth-order valence-corrected chi connectivity index (χ4v) is 4.15. The van der Waals surface area contributed by atoms with Crippen molar-refractivity contribution in [3.8, 4) is 17.1 Å². The average molecular weight is 412 g/mol. The number of methoxy groups -OCH3 is 1. The molecule has 0 unspecified atom stereocenters. The highest BCUT2D eigenvalue weighted by Crippen LogP contribution is 2.49. The van der Waals surface area contributed by atoms with Crippen LogP contribution < -0.4 is 10.1 Å². The fraction of sp³-hybridized carbons (Fsp3) is 0.231. The molecule has 5 nitrogen and oxygen atoms in total. The van der Waals surface area contributed by atoms with E-state index in [0.29, 0.717) is 11.3 Å². The Balaban J connectivity index is 1.58. The number of nitrogens with zero attached hydrogens (tertiary/aromatic N) is 1. The summed E-state index contributed by atoms with van der Waals surface area (Å²) in [6.07, 6.45) is 3.56. The number of benzene rings is 2. The number of fused-ring (bicyclic) bond motifs is 1. The molecule has 31 heavy (non-hydrogen) atoms. The number of pyridine rings is 1. The Hall–Kier alpha value is -3.60. The Bertz CT molecular complexity index is 1300. The molecule has 0 spiro atoms. The molecule has 5 heteroatoms. The molecule has 1 amide bonds. The van der Waals surface area contributed by atoms with Crippen molar-refractivity contribution < 1.29 is 13.9 Å². The quantitative estimate of drug-likeness (QED) is 0.467. The van der Waals surface area contributed by atoms with Gasteiger partial charge in [0.15, 0.2) is 0 Å². The van der Waals surface area contributed by atoms with E-state index in [4.69, 9.17) is 9.15 Å². The van der Waals surface area contributed by atoms with Crippen LogP contribution in [0.3, 0.4) is 0 Å². The summed E-state index contributed by atoms with van der Waals surface area (Å²) in [5.74, 6) is 2.24. The molecule has 0 saturated heterocycles. The van der Waals surface area contributed by atoms with Crippen molar-refractivity contribution in [1.29, 1.82) is 0 Å². The molecule has 156 valence electrons. The van der Waals surface area contributed by atoms with Crippen LogP contribution in [0, 0.1) is 13.8 Å². The Labute approximate surface area is 181 Å². The zero-order valence-corrected chi connectivity index (χ0v) is 17.9. The van der Waals surface area contributed by atoms with Crippen LogP contribution in [0.25, 0.3) is 22.2 Å². The third-order valence-corrected chi connectivity index (χ3v) is 6.05. The van der Waals surface area contributed by atoms with Gasteiger partial charge in [-0.05, 0) is 80.3 Å². The van der Waals surface area contributed by atoms with E-state index in [9.17, 15) is 4.79 Å². The molecule has 0 aliphatic heterocycles. The molecular formula is C26H24N2O3. The van der Waals surface area contributed by atoms with E-state index in [0.717, 1.165) is 52.0 Å². The molecule has 2 aromatic carbocycles. The van der Waals surface area contributed by atoms with Gasteiger partial charge in [0, 0.05) is 22.7 Å². The summed E-state index contributed by atoms with van der Waals surface area (Å²) in [6, 6.07) is 17.7. The van der Waals surface area contributed by atoms with Gasteiger partial charge in [0.2, 0.25) is 0 Å². The summed E-state index contributed by atoms with van der Waals surface area (Å²) in [5, 5.41) is 4.37. The van der Waals surface area contributed by atoms with Crippen molar-refractivity contribution in [2.45, 2.75) is 32.2 Å². The van der Waals surface area contributed by atoms with Crippen LogP contribution in [0.5, 0.6) is 5.75 Å². The molecule has 4 aromatic rings. The van der Waals surface area contributed by atoms with Crippen LogP contribution in [0.2, 0.25) is 0 Å². The number of ether oxygens (including phenoxy) is 1. The van der Waals surface area contributed by atoms with Crippen molar-refractivity contribution in [2.24, 2.45) is 0 Å². The second kappa shape index (κ2) is 7.27. The Morgan fingerprint density at radius 2 is 1.94 bits per heavy atom. The lowest BCUT2D eigenvalue weighted by molar-refractivity contribution is 0.0930. The second-order valence-electron chi connectivity index (χ2n) is 8.22. The number of carbonyl (C=O) groups is 1. The van der Waals surface area contributed by atoms with Gasteiger partial charge >= 0.3 is 0 Å². The van der Waals surface area contributed by atoms with Crippen LogP contribution in [0.4, 0.5) is 0 Å². The largest absolute Gasteiger partial charge is 0.497 e. The van der Waals surface area contributed by atoms with Gasteiger partial charge in [0.25, 0.3) is 5.91 Å². The number of carbonyl (C=O) groups excluding carboxylic acids is 1. The maximum Gasteiger partial charge on any atom is 0.252 e. The van der Waals surface area contributed by atoms with Gasteiger partial charge in [0.1, 0.15) is 17.3 Å². The average Bonchev–Trinajstić information content (AvgIpc) is 3.43. The molecule has 1 aliphatic carbocycles. The number of rotatable bonds is 5. The first-order valence-corrected chi connectivity index (χ1v) is 10.4. The predicted octanol–water partition coefficient (Wildman–Crippen LogP) is 5.54. The molecule has 1 saturated carbocycles. The van der Waals surface area contributed by atoms with Crippen LogP contribution >= 0.6 is 0 Å². The van der Waals surface area contributed by atoms with Crippen molar-refractivity contribution in [1.82, 2.24) is 10.3 Å². The Morgan fingerprint density at radius 1 is 1.10 bits per heavy atom. The highest BCUT2D eigenvalue weighted by molar-refractivity contribution is 5.98. The topological polar surface area (TPSA) is 64.4 Å². The van der Waals surface area contributed by atoms with Crippen LogP contribution in [0.1, 0.15) is 40.1 Å². The van der Waals surface area contributed by atoms with Gasteiger partial charge in [-0.25, -0.2) is 0 Å². The second-order valence-corrected chi connectivity index (χ2v) is 8.22. The van der Waals surface area contributed by atoms with E-state index < -0.39 is 5.54 Å². The van der Waals surface area contributed by atoms with Crippen molar-refractivity contribution >= 4 is 16.8 Å². The maximum absolute atomic E-state index is 13.3. The van der Waals surface area contributed by atoms with E-state index in [-0.39, 0.29) is 5.91 Å². The number of amides is 1. The summed E-state index contributed by atoms with van der Waals surface area (Å²) in [7, 11) is 1.61. The first-order chi connectivity index (χ1) is 15.0. The highest BCUT2D eigenvalue weighted by atomic mass is 16.5. The van der Waals surface area contributed by atoms with Crippen LogP contribution in [-0.2, 0) is 5.54 Å². The van der Waals surface area contributed by atoms with E-state index in [1.807, 2.05) is 50.2 Å². The summed E-state index contributed by atoms with van der Waals surface area (Å²) in [6.45, 7) is 3.87. The van der Waals surface area contributed by atoms with Gasteiger partial charge in [-0.1, -0.05) is 12.1 Å². The molecule has 5 rings (SSSR count). The van der Waals surface area contributed by atoms with Gasteiger partial charge in [-0.3, -0.25) is 9.78 Å². The monoisotopic (exact) mass is 412 g/mol.